The molecule has 0 bridgehead atoms. The highest BCUT2D eigenvalue weighted by atomic mass is 79.9. The van der Waals surface area contributed by atoms with E-state index in [1.807, 2.05) is 0 Å². The fraction of sp³-hybridized carbons (Fsp3) is 0.133. The average Bonchev–Trinajstić information content (AvgIpc) is 2.47. The average molecular weight is 353 g/mol. The maximum absolute atomic E-state index is 12.4. The van der Waals surface area contributed by atoms with Gasteiger partial charge in [-0.05, 0) is 30.3 Å². The largest absolute Gasteiger partial charge is 0.434 e. The summed E-state index contributed by atoms with van der Waals surface area (Å²) in [4.78, 5) is 0. The van der Waals surface area contributed by atoms with Gasteiger partial charge in [-0.15, -0.1) is 0 Å². The van der Waals surface area contributed by atoms with Gasteiger partial charge in [0, 0.05) is 16.6 Å². The molecule has 108 valence electrons. The van der Waals surface area contributed by atoms with Crippen molar-refractivity contribution in [3.8, 4) is 11.8 Å². The molecule has 21 heavy (non-hydrogen) atoms. The number of hydrogen-bond donors (Lipinski definition) is 1. The Morgan fingerprint density at radius 2 is 2.00 bits per heavy atom. The normalized spacial score (nSPS) is 10.2. The van der Waals surface area contributed by atoms with Crippen molar-refractivity contribution in [1.82, 2.24) is 0 Å². The number of para-hydroxylation sites is 1. The lowest BCUT2D eigenvalue weighted by atomic mass is 10.1. The summed E-state index contributed by atoms with van der Waals surface area (Å²) in [6, 6.07) is 13.9. The second kappa shape index (κ2) is 7.04. The smallest absolute Gasteiger partial charge is 0.387 e. The molecule has 0 radical (unpaired) electrons. The first-order valence-electron chi connectivity index (χ1n) is 6.06. The summed E-state index contributed by atoms with van der Waals surface area (Å²) < 4.78 is 30.0. The van der Waals surface area contributed by atoms with Gasteiger partial charge in [0.25, 0.3) is 0 Å². The van der Waals surface area contributed by atoms with Gasteiger partial charge in [0.2, 0.25) is 0 Å². The fourth-order valence-corrected chi connectivity index (χ4v) is 2.23. The number of halogens is 3. The number of nitrogens with one attached hydrogen (secondary N) is 1. The van der Waals surface area contributed by atoms with Gasteiger partial charge in [-0.1, -0.05) is 28.1 Å². The zero-order chi connectivity index (χ0) is 15.2. The molecule has 0 aliphatic carbocycles. The molecule has 2 rings (SSSR count). The highest BCUT2D eigenvalue weighted by Gasteiger charge is 2.10. The van der Waals surface area contributed by atoms with Crippen molar-refractivity contribution in [3.05, 3.63) is 58.1 Å². The van der Waals surface area contributed by atoms with Crippen LogP contribution >= 0.6 is 15.9 Å². The first kappa shape index (κ1) is 15.3. The zero-order valence-electron chi connectivity index (χ0n) is 10.8. The van der Waals surface area contributed by atoms with Gasteiger partial charge < -0.3 is 10.1 Å². The Morgan fingerprint density at radius 1 is 1.24 bits per heavy atom. The molecule has 3 nitrogen and oxygen atoms in total. The van der Waals surface area contributed by atoms with Crippen molar-refractivity contribution < 1.29 is 13.5 Å². The highest BCUT2D eigenvalue weighted by molar-refractivity contribution is 9.10. The van der Waals surface area contributed by atoms with Crippen molar-refractivity contribution in [2.24, 2.45) is 0 Å². The lowest BCUT2D eigenvalue weighted by Crippen LogP contribution is -2.07. The van der Waals surface area contributed by atoms with E-state index in [9.17, 15) is 8.78 Å². The standard InChI is InChI=1S/C15H11BrF2N2O/c16-12-5-6-14(21-15(17)18)11(7-12)9-20-13-4-2-1-3-10(13)8-19/h1-7,15,20H,9H2. The van der Waals surface area contributed by atoms with Gasteiger partial charge in [0.15, 0.2) is 0 Å². The Bertz CT molecular complexity index is 671. The monoisotopic (exact) mass is 352 g/mol. The van der Waals surface area contributed by atoms with E-state index in [0.29, 0.717) is 16.8 Å². The van der Waals surface area contributed by atoms with Crippen LogP contribution in [0.1, 0.15) is 11.1 Å². The van der Waals surface area contributed by atoms with Crippen molar-refractivity contribution in [2.45, 2.75) is 13.2 Å². The van der Waals surface area contributed by atoms with Crippen LogP contribution in [0.4, 0.5) is 14.5 Å². The SMILES string of the molecule is N#Cc1ccccc1NCc1cc(Br)ccc1OC(F)F. The minimum atomic E-state index is -2.88. The number of benzene rings is 2. The molecule has 0 amide bonds. The quantitative estimate of drug-likeness (QED) is 0.859. The van der Waals surface area contributed by atoms with E-state index in [1.165, 1.54) is 6.07 Å². The lowest BCUT2D eigenvalue weighted by molar-refractivity contribution is -0.0504. The second-order valence-electron chi connectivity index (χ2n) is 4.14. The summed E-state index contributed by atoms with van der Waals surface area (Å²) in [5.74, 6) is 0.107. The van der Waals surface area contributed by atoms with Crippen LogP contribution in [0.25, 0.3) is 0 Å². The zero-order valence-corrected chi connectivity index (χ0v) is 12.4. The van der Waals surface area contributed by atoms with E-state index >= 15 is 0 Å². The molecule has 0 saturated heterocycles. The van der Waals surface area contributed by atoms with Crippen molar-refractivity contribution in [3.63, 3.8) is 0 Å². The van der Waals surface area contributed by atoms with Gasteiger partial charge in [-0.2, -0.15) is 14.0 Å². The van der Waals surface area contributed by atoms with Gasteiger partial charge in [0.1, 0.15) is 11.8 Å². The lowest BCUT2D eigenvalue weighted by Gasteiger charge is -2.13. The van der Waals surface area contributed by atoms with E-state index in [0.717, 1.165) is 4.47 Å². The summed E-state index contributed by atoms with van der Waals surface area (Å²) in [6.45, 7) is -2.61. The summed E-state index contributed by atoms with van der Waals surface area (Å²) in [7, 11) is 0. The number of rotatable bonds is 5. The molecule has 0 heterocycles. The Hall–Kier alpha value is -2.13. The molecule has 6 heteroatoms. The van der Waals surface area contributed by atoms with Crippen LogP contribution in [0, 0.1) is 11.3 Å². The van der Waals surface area contributed by atoms with Crippen LogP contribution in [-0.2, 0) is 6.54 Å². The molecule has 0 aliphatic rings. The first-order chi connectivity index (χ1) is 10.1. The molecule has 0 fully saturated rings. The van der Waals surface area contributed by atoms with E-state index in [2.05, 4.69) is 32.1 Å². The van der Waals surface area contributed by atoms with Crippen LogP contribution in [-0.4, -0.2) is 6.61 Å². The minimum absolute atomic E-state index is 0.107. The Balaban J connectivity index is 2.19. The predicted octanol–water partition coefficient (Wildman–Crippen LogP) is 4.53. The molecule has 2 aromatic rings. The third kappa shape index (κ3) is 4.17. The molecule has 0 aliphatic heterocycles. The van der Waals surface area contributed by atoms with Gasteiger partial charge >= 0.3 is 6.61 Å². The van der Waals surface area contributed by atoms with E-state index in [-0.39, 0.29) is 12.3 Å². The number of nitrogens with zero attached hydrogens (tertiary/aromatic N) is 1. The van der Waals surface area contributed by atoms with E-state index in [4.69, 9.17) is 5.26 Å². The van der Waals surface area contributed by atoms with Crippen LogP contribution in [0.3, 0.4) is 0 Å². The molecule has 0 atom stereocenters. The van der Waals surface area contributed by atoms with Crippen LogP contribution in [0.15, 0.2) is 46.9 Å². The first-order valence-corrected chi connectivity index (χ1v) is 6.85. The third-order valence-corrected chi connectivity index (χ3v) is 3.25. The summed E-state index contributed by atoms with van der Waals surface area (Å²) in [6.07, 6.45) is 0. The van der Waals surface area contributed by atoms with Gasteiger partial charge in [-0.3, -0.25) is 0 Å². The molecule has 0 aromatic heterocycles. The Labute approximate surface area is 129 Å². The number of alkyl halides is 2. The molecular formula is C15H11BrF2N2O. The maximum Gasteiger partial charge on any atom is 0.387 e. The van der Waals surface area contributed by atoms with E-state index in [1.54, 1.807) is 36.4 Å². The van der Waals surface area contributed by atoms with E-state index < -0.39 is 6.61 Å². The number of ether oxygens (including phenoxy) is 1. The number of anilines is 1. The maximum atomic E-state index is 12.4. The number of nitriles is 1. The molecule has 0 unspecified atom stereocenters. The highest BCUT2D eigenvalue weighted by Crippen LogP contribution is 2.26. The summed E-state index contributed by atoms with van der Waals surface area (Å²) >= 11 is 3.29. The molecular weight excluding hydrogens is 342 g/mol. The fourth-order valence-electron chi connectivity index (χ4n) is 1.82. The second-order valence-corrected chi connectivity index (χ2v) is 5.06. The molecule has 0 saturated carbocycles. The molecule has 2 aromatic carbocycles. The predicted molar refractivity (Wildman–Crippen MR) is 79.3 cm³/mol. The Kier molecular flexibility index (Phi) is 5.12. The van der Waals surface area contributed by atoms with Crippen molar-refractivity contribution in [1.29, 1.82) is 5.26 Å². The third-order valence-electron chi connectivity index (χ3n) is 2.76. The summed E-state index contributed by atoms with van der Waals surface area (Å²) in [5, 5.41) is 12.1. The Morgan fingerprint density at radius 3 is 2.71 bits per heavy atom. The molecule has 1 N–H and O–H groups in total. The van der Waals surface area contributed by atoms with Crippen molar-refractivity contribution in [2.75, 3.05) is 5.32 Å². The van der Waals surface area contributed by atoms with Crippen LogP contribution in [0.5, 0.6) is 5.75 Å². The van der Waals surface area contributed by atoms with Gasteiger partial charge in [0.05, 0.1) is 11.3 Å². The van der Waals surface area contributed by atoms with Crippen LogP contribution in [0.2, 0.25) is 0 Å². The van der Waals surface area contributed by atoms with Crippen molar-refractivity contribution >= 4 is 21.6 Å². The molecule has 0 spiro atoms. The number of hydrogen-bond acceptors (Lipinski definition) is 3. The summed E-state index contributed by atoms with van der Waals surface area (Å²) in [5.41, 5.74) is 1.70. The van der Waals surface area contributed by atoms with Gasteiger partial charge in [-0.25, -0.2) is 0 Å². The minimum Gasteiger partial charge on any atom is -0.434 e. The topological polar surface area (TPSA) is 45.0 Å². The van der Waals surface area contributed by atoms with Crippen LogP contribution < -0.4 is 10.1 Å².